The fraction of sp³-hybridized carbons (Fsp3) is 0.370. The Hall–Kier alpha value is -2.65. The molecule has 2 aromatic carbocycles. The summed E-state index contributed by atoms with van der Waals surface area (Å²) in [4.78, 5) is 29.7. The van der Waals surface area contributed by atoms with Gasteiger partial charge in [0.25, 0.3) is 5.91 Å². The van der Waals surface area contributed by atoms with E-state index in [9.17, 15) is 14.7 Å². The third-order valence-electron chi connectivity index (χ3n) is 5.32. The summed E-state index contributed by atoms with van der Waals surface area (Å²) in [6, 6.07) is 10.6. The van der Waals surface area contributed by atoms with E-state index < -0.39 is 12.1 Å². The van der Waals surface area contributed by atoms with Gasteiger partial charge in [-0.3, -0.25) is 4.79 Å². The van der Waals surface area contributed by atoms with Crippen LogP contribution in [-0.4, -0.2) is 40.8 Å². The molecule has 2 N–H and O–H groups in total. The Morgan fingerprint density at radius 3 is 2.57 bits per heavy atom. The smallest absolute Gasteiger partial charge is 0.333 e. The lowest BCUT2D eigenvalue weighted by Gasteiger charge is -2.18. The minimum atomic E-state index is -1.02. The number of ether oxygens (including phenoxy) is 2. The largest absolute Gasteiger partial charge is 0.493 e. The lowest BCUT2D eigenvalue weighted by molar-refractivity contribution is -0.153. The van der Waals surface area contributed by atoms with Gasteiger partial charge in [-0.2, -0.15) is 0 Å². The molecule has 1 heterocycles. The number of carbonyl (C=O) groups is 2. The molecule has 1 unspecified atom stereocenters. The lowest BCUT2D eigenvalue weighted by atomic mass is 10.0. The van der Waals surface area contributed by atoms with Gasteiger partial charge in [-0.05, 0) is 57.0 Å². The van der Waals surface area contributed by atoms with Crippen LogP contribution in [0.2, 0.25) is 10.0 Å². The van der Waals surface area contributed by atoms with Crippen molar-refractivity contribution in [1.29, 1.82) is 0 Å². The summed E-state index contributed by atoms with van der Waals surface area (Å²) in [5, 5.41) is 14.1. The highest BCUT2D eigenvalue weighted by atomic mass is 35.5. The molecular weight excluding hydrogens is 535 g/mol. The normalized spacial score (nSPS) is 12.0. The highest BCUT2D eigenvalue weighted by molar-refractivity contribution is 7.17. The van der Waals surface area contributed by atoms with Crippen LogP contribution in [0.1, 0.15) is 53.7 Å². The summed E-state index contributed by atoms with van der Waals surface area (Å²) in [6.45, 7) is 8.10. The fourth-order valence-electron chi connectivity index (χ4n) is 3.63. The van der Waals surface area contributed by atoms with Gasteiger partial charge in [0.15, 0.2) is 6.10 Å². The Bertz CT molecular complexity index is 1260. The summed E-state index contributed by atoms with van der Waals surface area (Å²) in [7, 11) is 0. The van der Waals surface area contributed by atoms with Crippen molar-refractivity contribution in [2.75, 3.05) is 6.61 Å². The number of nitrogens with zero attached hydrogens (tertiary/aromatic N) is 1. The molecule has 10 heteroatoms. The zero-order chi connectivity index (χ0) is 27.1. The van der Waals surface area contributed by atoms with Crippen molar-refractivity contribution in [3.05, 3.63) is 68.1 Å². The predicted octanol–water partition coefficient (Wildman–Crippen LogP) is 6.56. The van der Waals surface area contributed by atoms with Crippen molar-refractivity contribution in [2.24, 2.45) is 0 Å². The first-order chi connectivity index (χ1) is 17.6. The van der Waals surface area contributed by atoms with Gasteiger partial charge in [0.1, 0.15) is 15.6 Å². The molecule has 1 atom stereocenters. The van der Waals surface area contributed by atoms with E-state index in [-0.39, 0.29) is 25.0 Å². The minimum absolute atomic E-state index is 0.196. The van der Waals surface area contributed by atoms with Gasteiger partial charge in [0, 0.05) is 29.1 Å². The molecule has 1 amide bonds. The fourth-order valence-corrected chi connectivity index (χ4v) is 5.20. The van der Waals surface area contributed by atoms with Crippen LogP contribution in [0, 0.1) is 6.92 Å². The van der Waals surface area contributed by atoms with Gasteiger partial charge < -0.3 is 19.9 Å². The third-order valence-corrected chi connectivity index (χ3v) is 7.06. The Morgan fingerprint density at radius 1 is 1.16 bits per heavy atom. The van der Waals surface area contributed by atoms with Gasteiger partial charge in [-0.25, -0.2) is 9.78 Å². The van der Waals surface area contributed by atoms with Gasteiger partial charge in [-0.15, -0.1) is 11.3 Å². The molecule has 0 aliphatic rings. The van der Waals surface area contributed by atoms with Crippen LogP contribution in [0.3, 0.4) is 0 Å². The number of hydrogen-bond donors (Lipinski definition) is 2. The third kappa shape index (κ3) is 7.92. The maximum Gasteiger partial charge on any atom is 0.333 e. The maximum absolute atomic E-state index is 13.1. The monoisotopic (exact) mass is 564 g/mol. The SMILES string of the molecule is CCCOc1ccc(CC(OC(C)C)C(=O)O)cc1CNC(=O)c1sc(-c2ccc(Cl)cc2Cl)nc1C. The molecule has 3 aromatic rings. The number of halogens is 2. The zero-order valence-electron chi connectivity index (χ0n) is 21.1. The Balaban J connectivity index is 1.79. The summed E-state index contributed by atoms with van der Waals surface area (Å²) in [6.07, 6.45) is -0.167. The number of carbonyl (C=O) groups excluding carboxylic acids is 1. The van der Waals surface area contributed by atoms with Crippen molar-refractivity contribution in [3.63, 3.8) is 0 Å². The molecule has 37 heavy (non-hydrogen) atoms. The molecule has 0 aliphatic carbocycles. The number of nitrogens with one attached hydrogen (secondary N) is 1. The summed E-state index contributed by atoms with van der Waals surface area (Å²) < 4.78 is 11.4. The lowest BCUT2D eigenvalue weighted by Crippen LogP contribution is -2.29. The number of hydrogen-bond acceptors (Lipinski definition) is 6. The molecule has 198 valence electrons. The summed E-state index contributed by atoms with van der Waals surface area (Å²) in [5.74, 6) is -0.658. The van der Waals surface area contributed by atoms with Crippen LogP contribution < -0.4 is 10.1 Å². The molecular formula is C27H30Cl2N2O5S. The van der Waals surface area contributed by atoms with Crippen LogP contribution in [0.5, 0.6) is 5.75 Å². The average Bonchev–Trinajstić information content (AvgIpc) is 3.22. The topological polar surface area (TPSA) is 97.8 Å². The number of aromatic nitrogens is 1. The van der Waals surface area contributed by atoms with Crippen LogP contribution >= 0.6 is 34.5 Å². The molecule has 3 rings (SSSR count). The maximum atomic E-state index is 13.1. The number of amides is 1. The second kappa shape index (κ2) is 13.2. The number of aryl methyl sites for hydroxylation is 1. The van der Waals surface area contributed by atoms with Gasteiger partial charge >= 0.3 is 5.97 Å². The minimum Gasteiger partial charge on any atom is -0.493 e. The Labute approximate surface area is 230 Å². The van der Waals surface area contributed by atoms with Crippen LogP contribution in [-0.2, 0) is 22.5 Å². The van der Waals surface area contributed by atoms with Crippen molar-refractivity contribution in [2.45, 2.75) is 59.3 Å². The van der Waals surface area contributed by atoms with Crippen molar-refractivity contribution in [1.82, 2.24) is 10.3 Å². The van der Waals surface area contributed by atoms with Crippen molar-refractivity contribution < 1.29 is 24.2 Å². The van der Waals surface area contributed by atoms with Crippen LogP contribution in [0.4, 0.5) is 0 Å². The van der Waals surface area contributed by atoms with Gasteiger partial charge in [-0.1, -0.05) is 42.3 Å². The number of rotatable bonds is 12. The highest BCUT2D eigenvalue weighted by Gasteiger charge is 2.22. The molecule has 0 fully saturated rings. The first-order valence-electron chi connectivity index (χ1n) is 11.9. The van der Waals surface area contributed by atoms with E-state index in [0.29, 0.717) is 43.5 Å². The van der Waals surface area contributed by atoms with E-state index in [4.69, 9.17) is 32.7 Å². The predicted molar refractivity (Wildman–Crippen MR) is 147 cm³/mol. The van der Waals surface area contributed by atoms with Gasteiger partial charge in [0.05, 0.1) is 23.4 Å². The standard InChI is InChI=1S/C27H30Cl2N2O5S/c1-5-10-35-22-9-6-17(12-23(27(33)34)36-15(2)3)11-18(22)14-30-25(32)24-16(4)31-26(37-24)20-8-7-19(28)13-21(20)29/h6-9,11,13,15,23H,5,10,12,14H2,1-4H3,(H,30,32)(H,33,34). The van der Waals surface area contributed by atoms with Crippen LogP contribution in [0.25, 0.3) is 10.6 Å². The van der Waals surface area contributed by atoms with E-state index >= 15 is 0 Å². The molecule has 0 aliphatic heterocycles. The Kier molecular flexibility index (Phi) is 10.3. The number of carboxylic acids is 1. The van der Waals surface area contributed by atoms with E-state index in [1.54, 1.807) is 45.0 Å². The second-order valence-electron chi connectivity index (χ2n) is 8.75. The molecule has 0 spiro atoms. The number of benzene rings is 2. The van der Waals surface area contributed by atoms with Crippen LogP contribution in [0.15, 0.2) is 36.4 Å². The van der Waals surface area contributed by atoms with E-state index in [0.717, 1.165) is 17.5 Å². The number of aliphatic carboxylic acids is 1. The van der Waals surface area contributed by atoms with E-state index in [1.807, 2.05) is 19.1 Å². The summed E-state index contributed by atoms with van der Waals surface area (Å²) >= 11 is 13.6. The molecule has 1 aromatic heterocycles. The average molecular weight is 566 g/mol. The molecule has 0 saturated carbocycles. The number of thiazole rings is 1. The molecule has 0 saturated heterocycles. The molecule has 7 nitrogen and oxygen atoms in total. The van der Waals surface area contributed by atoms with E-state index in [1.165, 1.54) is 11.3 Å². The Morgan fingerprint density at radius 2 is 1.92 bits per heavy atom. The van der Waals surface area contributed by atoms with E-state index in [2.05, 4.69) is 10.3 Å². The molecule has 0 radical (unpaired) electrons. The second-order valence-corrected chi connectivity index (χ2v) is 10.6. The first-order valence-corrected chi connectivity index (χ1v) is 13.5. The van der Waals surface area contributed by atoms with Crippen molar-refractivity contribution >= 4 is 46.4 Å². The first kappa shape index (κ1) is 28.9. The van der Waals surface area contributed by atoms with Gasteiger partial charge in [0.2, 0.25) is 0 Å². The quantitative estimate of drug-likeness (QED) is 0.258. The number of carboxylic acid groups (broad SMARTS) is 1. The zero-order valence-corrected chi connectivity index (χ0v) is 23.5. The highest BCUT2D eigenvalue weighted by Crippen LogP contribution is 2.34. The summed E-state index contributed by atoms with van der Waals surface area (Å²) in [5.41, 5.74) is 2.82. The van der Waals surface area contributed by atoms with Crippen molar-refractivity contribution in [3.8, 4) is 16.3 Å². The molecule has 0 bridgehead atoms.